The molecule has 0 bridgehead atoms. The third kappa shape index (κ3) is 3.98. The number of nitrogens with zero attached hydrogens (tertiary/aromatic N) is 5. The van der Waals surface area contributed by atoms with Crippen LogP contribution in [-0.4, -0.2) is 41.8 Å². The van der Waals surface area contributed by atoms with E-state index in [9.17, 15) is 0 Å². The van der Waals surface area contributed by atoms with E-state index in [2.05, 4.69) is 47.6 Å². The lowest BCUT2D eigenvalue weighted by Gasteiger charge is -2.06. The minimum Gasteiger partial charge on any atom is -0.483 e. The van der Waals surface area contributed by atoms with Gasteiger partial charge in [-0.05, 0) is 37.3 Å². The van der Waals surface area contributed by atoms with Crippen LogP contribution in [0.25, 0.3) is 28.1 Å². The van der Waals surface area contributed by atoms with Crippen LogP contribution in [0.4, 0.5) is 5.82 Å². The number of benzene rings is 1. The second kappa shape index (κ2) is 8.52. The van der Waals surface area contributed by atoms with Crippen molar-refractivity contribution in [2.24, 2.45) is 7.05 Å². The van der Waals surface area contributed by atoms with E-state index in [0.717, 1.165) is 40.3 Å². The molecule has 156 valence electrons. The number of hydrogen-bond acceptors (Lipinski definition) is 5. The van der Waals surface area contributed by atoms with Gasteiger partial charge in [-0.1, -0.05) is 31.5 Å². The Balaban J connectivity index is 0.000000687. The fourth-order valence-electron chi connectivity index (χ4n) is 3.54. The summed E-state index contributed by atoms with van der Waals surface area (Å²) in [5, 5.41) is 15.3. The first-order valence-corrected chi connectivity index (χ1v) is 10.3. The Morgan fingerprint density at radius 3 is 2.83 bits per heavy atom. The van der Waals surface area contributed by atoms with Crippen LogP contribution < -0.4 is 5.32 Å². The lowest BCUT2D eigenvalue weighted by Crippen LogP contribution is -2.06. The number of aromatic nitrogens is 5. The van der Waals surface area contributed by atoms with Crippen LogP contribution in [0.5, 0.6) is 0 Å². The highest BCUT2D eigenvalue weighted by Crippen LogP contribution is 2.30. The Hall–Kier alpha value is -3.42. The van der Waals surface area contributed by atoms with Gasteiger partial charge in [0, 0.05) is 24.7 Å². The van der Waals surface area contributed by atoms with E-state index in [1.807, 2.05) is 22.5 Å². The van der Waals surface area contributed by atoms with Gasteiger partial charge in [0.2, 0.25) is 0 Å². The van der Waals surface area contributed by atoms with Crippen molar-refractivity contribution in [3.05, 3.63) is 42.2 Å². The molecule has 1 saturated carbocycles. The van der Waals surface area contributed by atoms with Crippen molar-refractivity contribution in [3.8, 4) is 11.3 Å². The smallest absolute Gasteiger partial charge is 0.290 e. The number of carboxylic acid groups (broad SMARTS) is 1. The van der Waals surface area contributed by atoms with Gasteiger partial charge in [-0.2, -0.15) is 9.61 Å². The molecule has 1 fully saturated rings. The van der Waals surface area contributed by atoms with Crippen LogP contribution in [0.2, 0.25) is 0 Å². The Labute approximate surface area is 174 Å². The van der Waals surface area contributed by atoms with Crippen molar-refractivity contribution in [2.75, 3.05) is 5.32 Å². The molecule has 8 nitrogen and oxygen atoms in total. The van der Waals surface area contributed by atoms with E-state index < -0.39 is 0 Å². The van der Waals surface area contributed by atoms with Gasteiger partial charge in [-0.25, -0.2) is 9.97 Å². The minimum atomic E-state index is -0.250. The number of nitrogens with one attached hydrogen (secondary N) is 1. The summed E-state index contributed by atoms with van der Waals surface area (Å²) in [6, 6.07) is 11.3. The molecule has 30 heavy (non-hydrogen) atoms. The first-order valence-electron chi connectivity index (χ1n) is 10.3. The summed E-state index contributed by atoms with van der Waals surface area (Å²) < 4.78 is 3.92. The van der Waals surface area contributed by atoms with E-state index in [1.54, 1.807) is 0 Å². The van der Waals surface area contributed by atoms with Crippen LogP contribution in [0.15, 0.2) is 36.7 Å². The molecular weight excluding hydrogens is 380 g/mol. The Morgan fingerprint density at radius 2 is 2.10 bits per heavy atom. The number of imidazole rings is 1. The Morgan fingerprint density at radius 1 is 1.30 bits per heavy atom. The van der Waals surface area contributed by atoms with E-state index in [4.69, 9.17) is 20.0 Å². The molecule has 0 saturated heterocycles. The molecule has 0 spiro atoms. The molecule has 3 heterocycles. The molecule has 4 aromatic rings. The van der Waals surface area contributed by atoms with Crippen LogP contribution >= 0.6 is 0 Å². The zero-order chi connectivity index (χ0) is 21.1. The fraction of sp³-hybridized carbons (Fsp3) is 0.364. The van der Waals surface area contributed by atoms with Gasteiger partial charge in [-0.15, -0.1) is 0 Å². The monoisotopic (exact) mass is 406 g/mol. The second-order valence-electron chi connectivity index (χ2n) is 7.62. The van der Waals surface area contributed by atoms with Crippen molar-refractivity contribution in [1.82, 2.24) is 24.1 Å². The zero-order valence-electron chi connectivity index (χ0n) is 17.2. The first-order chi connectivity index (χ1) is 14.6. The third-order valence-corrected chi connectivity index (χ3v) is 5.21. The summed E-state index contributed by atoms with van der Waals surface area (Å²) in [7, 11) is 2.00. The van der Waals surface area contributed by atoms with E-state index >= 15 is 0 Å². The Kier molecular flexibility index (Phi) is 5.65. The van der Waals surface area contributed by atoms with Gasteiger partial charge in [0.05, 0.1) is 12.0 Å². The van der Waals surface area contributed by atoms with Gasteiger partial charge in [0.15, 0.2) is 22.6 Å². The highest BCUT2D eigenvalue weighted by molar-refractivity contribution is 5.86. The maximum atomic E-state index is 8.36. The van der Waals surface area contributed by atoms with Crippen molar-refractivity contribution in [2.45, 2.75) is 45.1 Å². The van der Waals surface area contributed by atoms with Gasteiger partial charge in [-0.3, -0.25) is 4.79 Å². The molecule has 2 N–H and O–H groups in total. The number of aryl methyl sites for hydroxylation is 2. The largest absolute Gasteiger partial charge is 0.483 e. The summed E-state index contributed by atoms with van der Waals surface area (Å²) in [5.74, 6) is 0.865. The number of carbonyl (C=O) groups is 1. The molecule has 8 heteroatoms. The number of unbranched alkanes of at least 4 members (excludes halogenated alkanes) is 1. The fourth-order valence-corrected chi connectivity index (χ4v) is 3.54. The highest BCUT2D eigenvalue weighted by atomic mass is 16.3. The highest BCUT2D eigenvalue weighted by Gasteiger charge is 2.24. The maximum Gasteiger partial charge on any atom is 0.290 e. The van der Waals surface area contributed by atoms with Gasteiger partial charge < -0.3 is 15.0 Å². The SMILES string of the molecule is CCCCc1cccc(-c2cc3nc(NC4CC4)c4ncn(C)c4n3n2)c1.O=CO. The minimum absolute atomic E-state index is 0.250. The van der Waals surface area contributed by atoms with Crippen molar-refractivity contribution >= 4 is 29.1 Å². The summed E-state index contributed by atoms with van der Waals surface area (Å²) >= 11 is 0. The average Bonchev–Trinajstić information content (AvgIpc) is 3.32. The molecule has 0 unspecified atom stereocenters. The predicted octanol–water partition coefficient (Wildman–Crippen LogP) is 3.90. The van der Waals surface area contributed by atoms with Crippen LogP contribution in [0, 0.1) is 0 Å². The van der Waals surface area contributed by atoms with Gasteiger partial charge in [0.25, 0.3) is 6.47 Å². The van der Waals surface area contributed by atoms with Crippen molar-refractivity contribution in [3.63, 3.8) is 0 Å². The predicted molar refractivity (Wildman–Crippen MR) is 117 cm³/mol. The van der Waals surface area contributed by atoms with Gasteiger partial charge in [0.1, 0.15) is 0 Å². The maximum absolute atomic E-state index is 8.36. The average molecular weight is 406 g/mol. The molecule has 3 aromatic heterocycles. The van der Waals surface area contributed by atoms with Crippen LogP contribution in [-0.2, 0) is 18.3 Å². The summed E-state index contributed by atoms with van der Waals surface area (Å²) in [6.07, 6.45) is 7.76. The first kappa shape index (κ1) is 19.9. The summed E-state index contributed by atoms with van der Waals surface area (Å²) in [4.78, 5) is 17.7. The molecule has 0 radical (unpaired) electrons. The third-order valence-electron chi connectivity index (χ3n) is 5.21. The molecule has 5 rings (SSSR count). The summed E-state index contributed by atoms with van der Waals surface area (Å²) in [6.45, 7) is 1.98. The zero-order valence-corrected chi connectivity index (χ0v) is 17.2. The molecule has 1 aromatic carbocycles. The lowest BCUT2D eigenvalue weighted by molar-refractivity contribution is -0.122. The van der Waals surface area contributed by atoms with E-state index in [1.165, 1.54) is 31.2 Å². The second-order valence-corrected chi connectivity index (χ2v) is 7.62. The lowest BCUT2D eigenvalue weighted by atomic mass is 10.0. The van der Waals surface area contributed by atoms with Gasteiger partial charge >= 0.3 is 0 Å². The molecule has 0 amide bonds. The molecule has 0 aliphatic heterocycles. The molecule has 0 atom stereocenters. The van der Waals surface area contributed by atoms with E-state index in [0.29, 0.717) is 6.04 Å². The topological polar surface area (TPSA) is 97.3 Å². The molecule has 1 aliphatic rings. The number of fused-ring (bicyclic) bond motifs is 3. The molecular formula is C22H26N6O2. The summed E-state index contributed by atoms with van der Waals surface area (Å²) in [5.41, 5.74) is 6.15. The molecule has 1 aliphatic carbocycles. The number of anilines is 1. The van der Waals surface area contributed by atoms with Crippen molar-refractivity contribution < 1.29 is 9.90 Å². The quantitative estimate of drug-likeness (QED) is 0.471. The Bertz CT molecular complexity index is 1180. The van der Waals surface area contributed by atoms with Crippen LogP contribution in [0.3, 0.4) is 0 Å². The van der Waals surface area contributed by atoms with E-state index in [-0.39, 0.29) is 6.47 Å². The van der Waals surface area contributed by atoms with Crippen LogP contribution in [0.1, 0.15) is 38.2 Å². The standard InChI is InChI=1S/C21H24N6.CH2O2/c1-3-4-6-14-7-5-8-15(11-14)17-12-18-24-20(23-16-9-10-16)19-21(27(18)25-17)26(2)13-22-19;2-1-3/h5,7-8,11-13,16H,3-4,6,9-10H2,1-2H3,(H,23,24);1H,(H,2,3). The normalized spacial score (nSPS) is 13.3. The number of hydrogen-bond donors (Lipinski definition) is 2. The van der Waals surface area contributed by atoms with Crippen molar-refractivity contribution in [1.29, 1.82) is 0 Å². The number of rotatable bonds is 6.